The molecule has 5 rings (SSSR count). The van der Waals surface area contributed by atoms with E-state index in [-0.39, 0.29) is 35.1 Å². The minimum atomic E-state index is -3.29. The number of rotatable bonds is 7. The number of pyridine rings is 1. The number of hydrogen-bond acceptors (Lipinski definition) is 7. The van der Waals surface area contributed by atoms with Gasteiger partial charge < -0.3 is 29.5 Å². The van der Waals surface area contributed by atoms with Crippen molar-refractivity contribution in [3.8, 4) is 5.75 Å². The number of nitrogens with two attached hydrogens (primary N) is 1. The molecule has 2 atom stereocenters. The molecule has 1 saturated carbocycles. The van der Waals surface area contributed by atoms with Crippen LogP contribution in [0.25, 0.3) is 10.9 Å². The molecular formula is C22H21F3N4O5. The third kappa shape index (κ3) is 3.77. The molecule has 3 aromatic rings. The summed E-state index contributed by atoms with van der Waals surface area (Å²) in [4.78, 5) is 30.0. The van der Waals surface area contributed by atoms with Crippen molar-refractivity contribution in [2.24, 2.45) is 11.7 Å². The van der Waals surface area contributed by atoms with E-state index in [2.05, 4.69) is 4.98 Å². The highest BCUT2D eigenvalue weighted by Gasteiger charge is 2.36. The smallest absolute Gasteiger partial charge is 0.387 e. The van der Waals surface area contributed by atoms with Crippen molar-refractivity contribution in [1.82, 2.24) is 9.55 Å². The predicted molar refractivity (Wildman–Crippen MR) is 114 cm³/mol. The van der Waals surface area contributed by atoms with E-state index in [1.165, 1.54) is 17.0 Å². The fourth-order valence-corrected chi connectivity index (χ4v) is 4.62. The SMILES string of the molecule is NC(c1ncco1)C1CCN(c2c(F)cc3c(=O)c(C(=O)O)cn(C4CC4)c3c2OC(F)F)C1. The van der Waals surface area contributed by atoms with Gasteiger partial charge in [-0.05, 0) is 25.3 Å². The van der Waals surface area contributed by atoms with Gasteiger partial charge in [0.15, 0.2) is 11.6 Å². The number of oxazole rings is 1. The van der Waals surface area contributed by atoms with Crippen molar-refractivity contribution >= 4 is 22.6 Å². The Morgan fingerprint density at radius 2 is 2.09 bits per heavy atom. The lowest BCUT2D eigenvalue weighted by Crippen LogP contribution is -2.28. The number of fused-ring (bicyclic) bond motifs is 1. The Bertz CT molecular complexity index is 1310. The molecule has 0 amide bonds. The van der Waals surface area contributed by atoms with Crippen LogP contribution < -0.4 is 20.8 Å². The molecule has 34 heavy (non-hydrogen) atoms. The number of aromatic carboxylic acids is 1. The number of carbonyl (C=O) groups is 1. The van der Waals surface area contributed by atoms with Crippen LogP contribution in [0.15, 0.2) is 33.9 Å². The Morgan fingerprint density at radius 1 is 1.32 bits per heavy atom. The minimum absolute atomic E-state index is 0.0466. The van der Waals surface area contributed by atoms with Crippen LogP contribution in [0.1, 0.15) is 47.6 Å². The summed E-state index contributed by atoms with van der Waals surface area (Å²) in [5.74, 6) is -2.82. The van der Waals surface area contributed by atoms with Crippen molar-refractivity contribution < 1.29 is 32.2 Å². The number of aromatic nitrogens is 2. The molecule has 3 heterocycles. The molecule has 2 aromatic heterocycles. The molecule has 2 aliphatic rings. The van der Waals surface area contributed by atoms with Gasteiger partial charge in [-0.25, -0.2) is 14.2 Å². The first-order valence-electron chi connectivity index (χ1n) is 10.8. The maximum absolute atomic E-state index is 15.4. The highest BCUT2D eigenvalue weighted by molar-refractivity contribution is 5.97. The average Bonchev–Trinajstić information content (AvgIpc) is 3.27. The molecular weight excluding hydrogens is 457 g/mol. The number of halogens is 3. The molecule has 12 heteroatoms. The van der Waals surface area contributed by atoms with Crippen LogP contribution in [-0.2, 0) is 0 Å². The number of carboxylic acid groups (broad SMARTS) is 1. The number of benzene rings is 1. The fourth-order valence-electron chi connectivity index (χ4n) is 4.62. The average molecular weight is 478 g/mol. The predicted octanol–water partition coefficient (Wildman–Crippen LogP) is 3.29. The summed E-state index contributed by atoms with van der Waals surface area (Å²) in [6, 6.07) is 0.118. The zero-order valence-electron chi connectivity index (χ0n) is 17.8. The van der Waals surface area contributed by atoms with E-state index in [0.717, 1.165) is 12.3 Å². The van der Waals surface area contributed by atoms with E-state index in [1.54, 1.807) is 4.90 Å². The maximum Gasteiger partial charge on any atom is 0.387 e. The number of alkyl halides is 2. The van der Waals surface area contributed by atoms with Crippen molar-refractivity contribution in [2.75, 3.05) is 18.0 Å². The molecule has 0 radical (unpaired) electrons. The van der Waals surface area contributed by atoms with E-state index < -0.39 is 41.2 Å². The van der Waals surface area contributed by atoms with Gasteiger partial charge in [0, 0.05) is 31.2 Å². The summed E-state index contributed by atoms with van der Waals surface area (Å²) >= 11 is 0. The Kier molecular flexibility index (Phi) is 5.47. The summed E-state index contributed by atoms with van der Waals surface area (Å²) in [5, 5.41) is 9.11. The van der Waals surface area contributed by atoms with Gasteiger partial charge in [0.1, 0.15) is 17.5 Å². The summed E-state index contributed by atoms with van der Waals surface area (Å²) in [7, 11) is 0. The second-order valence-electron chi connectivity index (χ2n) is 8.52. The molecule has 1 saturated heterocycles. The van der Waals surface area contributed by atoms with Crippen LogP contribution >= 0.6 is 0 Å². The first-order valence-corrected chi connectivity index (χ1v) is 10.8. The maximum atomic E-state index is 15.4. The Hall–Kier alpha value is -3.54. The van der Waals surface area contributed by atoms with Crippen LogP contribution in [0.2, 0.25) is 0 Å². The molecule has 1 aliphatic heterocycles. The van der Waals surface area contributed by atoms with Crippen molar-refractivity contribution in [3.63, 3.8) is 0 Å². The molecule has 2 fully saturated rings. The summed E-state index contributed by atoms with van der Waals surface area (Å²) in [6.07, 6.45) is 5.81. The lowest BCUT2D eigenvalue weighted by atomic mass is 10.00. The third-order valence-electron chi connectivity index (χ3n) is 6.36. The number of anilines is 1. The standard InChI is InChI=1S/C22H21F3N4O5/c23-14-7-12-16(29(11-1-2-11)9-13(18(12)30)21(31)32)19(34-22(24)25)17(14)28-5-3-10(8-28)15(26)20-27-4-6-33-20/h4,6-7,9-11,15,22H,1-3,5,8,26H2,(H,31,32). The summed E-state index contributed by atoms with van der Waals surface area (Å²) in [6.45, 7) is -2.78. The minimum Gasteiger partial charge on any atom is -0.477 e. The molecule has 1 aliphatic carbocycles. The largest absolute Gasteiger partial charge is 0.477 e. The molecule has 2 unspecified atom stereocenters. The number of nitrogens with zero attached hydrogens (tertiary/aromatic N) is 3. The first kappa shape index (κ1) is 22.3. The van der Waals surface area contributed by atoms with Crippen LogP contribution in [0.3, 0.4) is 0 Å². The van der Waals surface area contributed by atoms with Gasteiger partial charge >= 0.3 is 12.6 Å². The van der Waals surface area contributed by atoms with Crippen LogP contribution in [0.5, 0.6) is 5.75 Å². The quantitative estimate of drug-likeness (QED) is 0.530. The Labute approximate surface area is 190 Å². The third-order valence-corrected chi connectivity index (χ3v) is 6.36. The summed E-state index contributed by atoms with van der Waals surface area (Å²) < 4.78 is 53.9. The number of hydrogen-bond donors (Lipinski definition) is 2. The van der Waals surface area contributed by atoms with Gasteiger partial charge in [-0.3, -0.25) is 4.79 Å². The number of ether oxygens (including phenoxy) is 1. The molecule has 180 valence electrons. The second kappa shape index (κ2) is 8.35. The van der Waals surface area contributed by atoms with E-state index >= 15 is 4.39 Å². The van der Waals surface area contributed by atoms with Crippen molar-refractivity contribution in [3.05, 3.63) is 52.2 Å². The van der Waals surface area contributed by atoms with Gasteiger partial charge in [0.25, 0.3) is 0 Å². The van der Waals surface area contributed by atoms with Gasteiger partial charge in [-0.2, -0.15) is 8.78 Å². The normalized spacial score (nSPS) is 19.2. The molecule has 1 aromatic carbocycles. The highest BCUT2D eigenvalue weighted by Crippen LogP contribution is 2.45. The number of carboxylic acids is 1. The lowest BCUT2D eigenvalue weighted by molar-refractivity contribution is -0.0488. The van der Waals surface area contributed by atoms with E-state index in [9.17, 15) is 23.5 Å². The molecule has 9 nitrogen and oxygen atoms in total. The lowest BCUT2D eigenvalue weighted by Gasteiger charge is -2.26. The van der Waals surface area contributed by atoms with E-state index in [4.69, 9.17) is 14.9 Å². The molecule has 0 bridgehead atoms. The molecule has 3 N–H and O–H groups in total. The van der Waals surface area contributed by atoms with Crippen LogP contribution in [0, 0.1) is 11.7 Å². The summed E-state index contributed by atoms with van der Waals surface area (Å²) in [5.41, 5.74) is 4.45. The topological polar surface area (TPSA) is 124 Å². The monoisotopic (exact) mass is 478 g/mol. The van der Waals surface area contributed by atoms with Gasteiger partial charge in [0.05, 0.1) is 23.1 Å². The second-order valence-corrected chi connectivity index (χ2v) is 8.52. The van der Waals surface area contributed by atoms with E-state index in [1.807, 2.05) is 0 Å². The first-order chi connectivity index (χ1) is 16.3. The van der Waals surface area contributed by atoms with Gasteiger partial charge in [0.2, 0.25) is 11.3 Å². The Balaban J connectivity index is 1.66. The van der Waals surface area contributed by atoms with E-state index in [0.29, 0.717) is 31.7 Å². The zero-order chi connectivity index (χ0) is 24.1. The fraction of sp³-hybridized carbons (Fsp3) is 0.409. The van der Waals surface area contributed by atoms with Gasteiger partial charge in [-0.1, -0.05) is 0 Å². The van der Waals surface area contributed by atoms with Crippen molar-refractivity contribution in [2.45, 2.75) is 38.0 Å². The Morgan fingerprint density at radius 3 is 2.71 bits per heavy atom. The zero-order valence-corrected chi connectivity index (χ0v) is 17.8. The van der Waals surface area contributed by atoms with Gasteiger partial charge in [-0.15, -0.1) is 0 Å². The molecule has 0 spiro atoms. The van der Waals surface area contributed by atoms with Crippen LogP contribution in [-0.4, -0.2) is 40.3 Å². The van der Waals surface area contributed by atoms with Crippen LogP contribution in [0.4, 0.5) is 18.9 Å². The van der Waals surface area contributed by atoms with Crippen molar-refractivity contribution in [1.29, 1.82) is 0 Å². The highest BCUT2D eigenvalue weighted by atomic mass is 19.3.